The lowest BCUT2D eigenvalue weighted by Crippen LogP contribution is -1.94. The smallest absolute Gasteiger partial charge is 0.152 e. The van der Waals surface area contributed by atoms with E-state index >= 15 is 0 Å². The van der Waals surface area contributed by atoms with Crippen LogP contribution < -0.4 is 5.73 Å². The van der Waals surface area contributed by atoms with Crippen LogP contribution in [0, 0.1) is 6.92 Å². The van der Waals surface area contributed by atoms with E-state index in [4.69, 9.17) is 5.73 Å². The number of aryl methyl sites for hydroxylation is 1. The van der Waals surface area contributed by atoms with Gasteiger partial charge in [0.15, 0.2) is 6.29 Å². The van der Waals surface area contributed by atoms with Crippen molar-refractivity contribution >= 4 is 12.0 Å². The predicted molar refractivity (Wildman–Crippen MR) is 42.6 cm³/mol. The number of nitrogens with two attached hydrogens (primary N) is 1. The van der Waals surface area contributed by atoms with Crippen LogP contribution in [-0.4, -0.2) is 11.4 Å². The van der Waals surface area contributed by atoms with E-state index in [1.807, 2.05) is 0 Å². The van der Waals surface area contributed by atoms with Gasteiger partial charge in [0.25, 0.3) is 0 Å². The first kappa shape index (κ1) is 7.60. The molecule has 3 nitrogen and oxygen atoms in total. The molecule has 0 aliphatic rings. The average Bonchev–Trinajstić information content (AvgIpc) is 2.01. The molecule has 0 aliphatic heterocycles. The van der Waals surface area contributed by atoms with Crippen LogP contribution in [0.2, 0.25) is 0 Å². The Morgan fingerprint density at radius 2 is 2.18 bits per heavy atom. The minimum atomic E-state index is -0.00500. The highest BCUT2D eigenvalue weighted by atomic mass is 16.3. The molecule has 1 rings (SSSR count). The number of benzene rings is 1. The molecule has 0 spiro atoms. The molecule has 0 aliphatic carbocycles. The molecule has 0 heterocycles. The SMILES string of the molecule is Cc1ccc(C=O)c(N)c1O. The van der Waals surface area contributed by atoms with Crippen molar-refractivity contribution in [2.24, 2.45) is 0 Å². The molecular weight excluding hydrogens is 142 g/mol. The third-order valence-corrected chi connectivity index (χ3v) is 1.58. The summed E-state index contributed by atoms with van der Waals surface area (Å²) < 4.78 is 0. The van der Waals surface area contributed by atoms with Gasteiger partial charge in [-0.2, -0.15) is 0 Å². The van der Waals surface area contributed by atoms with E-state index in [0.29, 0.717) is 17.4 Å². The molecule has 1 aromatic carbocycles. The zero-order chi connectivity index (χ0) is 8.43. The number of hydrogen-bond acceptors (Lipinski definition) is 3. The zero-order valence-electron chi connectivity index (χ0n) is 6.16. The normalized spacial score (nSPS) is 9.55. The summed E-state index contributed by atoms with van der Waals surface area (Å²) in [5, 5.41) is 9.23. The van der Waals surface area contributed by atoms with E-state index in [1.54, 1.807) is 19.1 Å². The number of hydrogen-bond donors (Lipinski definition) is 2. The molecule has 0 radical (unpaired) electrons. The van der Waals surface area contributed by atoms with Gasteiger partial charge < -0.3 is 10.8 Å². The van der Waals surface area contributed by atoms with E-state index in [0.717, 1.165) is 0 Å². The quantitative estimate of drug-likeness (QED) is 0.359. The number of aromatic hydroxyl groups is 1. The highest BCUT2D eigenvalue weighted by Crippen LogP contribution is 2.26. The topological polar surface area (TPSA) is 63.3 Å². The van der Waals surface area contributed by atoms with E-state index in [1.165, 1.54) is 0 Å². The summed E-state index contributed by atoms with van der Waals surface area (Å²) in [4.78, 5) is 10.3. The second kappa shape index (κ2) is 2.62. The fraction of sp³-hybridized carbons (Fsp3) is 0.125. The van der Waals surface area contributed by atoms with Gasteiger partial charge in [-0.05, 0) is 18.6 Å². The Kier molecular flexibility index (Phi) is 1.81. The first-order valence-electron chi connectivity index (χ1n) is 3.20. The fourth-order valence-electron chi connectivity index (χ4n) is 0.835. The molecular formula is C8H9NO2. The number of phenols is 1. The second-order valence-corrected chi connectivity index (χ2v) is 2.35. The van der Waals surface area contributed by atoms with Crippen molar-refractivity contribution in [3.63, 3.8) is 0 Å². The Morgan fingerprint density at radius 3 is 2.73 bits per heavy atom. The summed E-state index contributed by atoms with van der Waals surface area (Å²) in [6, 6.07) is 3.23. The van der Waals surface area contributed by atoms with Crippen LogP contribution in [0.25, 0.3) is 0 Å². The van der Waals surface area contributed by atoms with E-state index in [-0.39, 0.29) is 11.4 Å². The maximum atomic E-state index is 10.3. The number of carbonyl (C=O) groups excluding carboxylic acids is 1. The van der Waals surface area contributed by atoms with Crippen LogP contribution in [0.1, 0.15) is 15.9 Å². The van der Waals surface area contributed by atoms with Crippen molar-refractivity contribution in [2.45, 2.75) is 6.92 Å². The lowest BCUT2D eigenvalue weighted by atomic mass is 10.1. The second-order valence-electron chi connectivity index (χ2n) is 2.35. The molecule has 11 heavy (non-hydrogen) atoms. The van der Waals surface area contributed by atoms with Gasteiger partial charge in [-0.3, -0.25) is 4.79 Å². The monoisotopic (exact) mass is 151 g/mol. The Bertz CT molecular complexity index is 294. The van der Waals surface area contributed by atoms with Crippen molar-refractivity contribution in [1.29, 1.82) is 0 Å². The van der Waals surface area contributed by atoms with Crippen LogP contribution in [0.3, 0.4) is 0 Å². The predicted octanol–water partition coefficient (Wildman–Crippen LogP) is 1.10. The third-order valence-electron chi connectivity index (χ3n) is 1.58. The van der Waals surface area contributed by atoms with Gasteiger partial charge in [-0.15, -0.1) is 0 Å². The maximum absolute atomic E-state index is 10.3. The standard InChI is InChI=1S/C8H9NO2/c1-5-2-3-6(4-10)7(9)8(5)11/h2-4,11H,9H2,1H3. The Balaban J connectivity index is 3.36. The number of aldehydes is 1. The van der Waals surface area contributed by atoms with Crippen molar-refractivity contribution in [2.75, 3.05) is 5.73 Å². The number of rotatable bonds is 1. The number of carbonyl (C=O) groups is 1. The molecule has 0 saturated heterocycles. The minimum absolute atomic E-state index is 0.00500. The van der Waals surface area contributed by atoms with Crippen molar-refractivity contribution in [1.82, 2.24) is 0 Å². The molecule has 3 heteroatoms. The van der Waals surface area contributed by atoms with Gasteiger partial charge in [0.1, 0.15) is 5.75 Å². The molecule has 0 unspecified atom stereocenters. The van der Waals surface area contributed by atoms with E-state index < -0.39 is 0 Å². The summed E-state index contributed by atoms with van der Waals surface area (Å²) in [6.07, 6.45) is 0.620. The van der Waals surface area contributed by atoms with Gasteiger partial charge >= 0.3 is 0 Å². The Morgan fingerprint density at radius 1 is 1.55 bits per heavy atom. The summed E-state index contributed by atoms with van der Waals surface area (Å²) >= 11 is 0. The van der Waals surface area contributed by atoms with Crippen LogP contribution in [0.4, 0.5) is 5.69 Å². The average molecular weight is 151 g/mol. The molecule has 0 atom stereocenters. The van der Waals surface area contributed by atoms with Gasteiger partial charge in [0, 0.05) is 5.56 Å². The highest BCUT2D eigenvalue weighted by Gasteiger charge is 2.04. The molecule has 58 valence electrons. The van der Waals surface area contributed by atoms with Crippen LogP contribution in [0.15, 0.2) is 12.1 Å². The number of phenolic OH excluding ortho intramolecular Hbond substituents is 1. The zero-order valence-corrected chi connectivity index (χ0v) is 6.16. The van der Waals surface area contributed by atoms with Crippen LogP contribution in [-0.2, 0) is 0 Å². The third kappa shape index (κ3) is 1.17. The molecule has 0 fully saturated rings. The summed E-state index contributed by atoms with van der Waals surface area (Å²) in [5.41, 5.74) is 6.57. The van der Waals surface area contributed by atoms with E-state index in [2.05, 4.69) is 0 Å². The number of anilines is 1. The molecule has 0 amide bonds. The van der Waals surface area contributed by atoms with Gasteiger partial charge in [-0.25, -0.2) is 0 Å². The van der Waals surface area contributed by atoms with Gasteiger partial charge in [0.05, 0.1) is 5.69 Å². The van der Waals surface area contributed by atoms with Gasteiger partial charge in [-0.1, -0.05) is 6.07 Å². The molecule has 0 saturated carbocycles. The number of nitrogen functional groups attached to an aromatic ring is 1. The minimum Gasteiger partial charge on any atom is -0.505 e. The first-order valence-corrected chi connectivity index (χ1v) is 3.20. The lowest BCUT2D eigenvalue weighted by Gasteiger charge is -2.03. The first-order chi connectivity index (χ1) is 5.16. The lowest BCUT2D eigenvalue weighted by molar-refractivity contribution is 0.112. The van der Waals surface area contributed by atoms with Crippen LogP contribution >= 0.6 is 0 Å². The largest absolute Gasteiger partial charge is 0.505 e. The maximum Gasteiger partial charge on any atom is 0.152 e. The summed E-state index contributed by atoms with van der Waals surface area (Å²) in [5.74, 6) is -0.00500. The summed E-state index contributed by atoms with van der Waals surface area (Å²) in [6.45, 7) is 1.72. The Hall–Kier alpha value is -1.51. The molecule has 0 aromatic heterocycles. The van der Waals surface area contributed by atoms with Crippen LogP contribution in [0.5, 0.6) is 5.75 Å². The van der Waals surface area contributed by atoms with Crippen molar-refractivity contribution in [3.05, 3.63) is 23.3 Å². The molecule has 0 bridgehead atoms. The van der Waals surface area contributed by atoms with Crippen molar-refractivity contribution < 1.29 is 9.90 Å². The molecule has 3 N–H and O–H groups in total. The molecule has 1 aromatic rings. The highest BCUT2D eigenvalue weighted by molar-refractivity contribution is 5.86. The van der Waals surface area contributed by atoms with Crippen molar-refractivity contribution in [3.8, 4) is 5.75 Å². The van der Waals surface area contributed by atoms with Gasteiger partial charge in [0.2, 0.25) is 0 Å². The summed E-state index contributed by atoms with van der Waals surface area (Å²) in [7, 11) is 0. The Labute approximate surface area is 64.5 Å². The fourth-order valence-corrected chi connectivity index (χ4v) is 0.835. The van der Waals surface area contributed by atoms with E-state index in [9.17, 15) is 9.90 Å².